The summed E-state index contributed by atoms with van der Waals surface area (Å²) in [6.07, 6.45) is 8.72. The molecule has 0 unspecified atom stereocenters. The number of H-pyrrole nitrogens is 1. The van der Waals surface area contributed by atoms with Crippen LogP contribution >= 0.6 is 0 Å². The number of carbonyl (C=O) groups excluding carboxylic acids is 1. The van der Waals surface area contributed by atoms with Gasteiger partial charge in [-0.25, -0.2) is 9.97 Å². The van der Waals surface area contributed by atoms with Crippen molar-refractivity contribution in [3.63, 3.8) is 0 Å². The molecule has 5 rings (SSSR count). The van der Waals surface area contributed by atoms with Gasteiger partial charge in [0.15, 0.2) is 0 Å². The van der Waals surface area contributed by atoms with E-state index >= 15 is 0 Å². The molecule has 1 aliphatic heterocycles. The van der Waals surface area contributed by atoms with Crippen LogP contribution in [0, 0.1) is 17.2 Å². The van der Waals surface area contributed by atoms with Crippen LogP contribution < -0.4 is 0 Å². The van der Waals surface area contributed by atoms with E-state index in [2.05, 4.69) is 20.6 Å². The van der Waals surface area contributed by atoms with E-state index in [9.17, 15) is 9.90 Å². The third-order valence-corrected chi connectivity index (χ3v) is 6.69. The molecule has 156 valence electrons. The van der Waals surface area contributed by atoms with E-state index in [0.717, 1.165) is 53.6 Å². The van der Waals surface area contributed by atoms with Gasteiger partial charge in [0.1, 0.15) is 17.0 Å². The number of carbonyl (C=O) groups is 1. The van der Waals surface area contributed by atoms with Crippen LogP contribution in [0.2, 0.25) is 0 Å². The zero-order chi connectivity index (χ0) is 20.7. The van der Waals surface area contributed by atoms with E-state index in [1.807, 2.05) is 12.3 Å². The number of nitrogens with zero attached hydrogens (tertiary/aromatic N) is 5. The van der Waals surface area contributed by atoms with Gasteiger partial charge in [0, 0.05) is 37.1 Å². The number of likely N-dealkylation sites (tertiary alicyclic amines) is 1. The van der Waals surface area contributed by atoms with Crippen LogP contribution in [0.3, 0.4) is 0 Å². The van der Waals surface area contributed by atoms with Crippen molar-refractivity contribution in [1.82, 2.24) is 24.4 Å². The van der Waals surface area contributed by atoms with Gasteiger partial charge in [-0.2, -0.15) is 5.26 Å². The van der Waals surface area contributed by atoms with Crippen LogP contribution in [0.15, 0.2) is 18.5 Å². The van der Waals surface area contributed by atoms with Crippen LogP contribution in [-0.4, -0.2) is 54.6 Å². The molecule has 1 saturated heterocycles. The summed E-state index contributed by atoms with van der Waals surface area (Å²) >= 11 is 0. The minimum Gasteiger partial charge on any atom is -0.391 e. The molecule has 2 fully saturated rings. The summed E-state index contributed by atoms with van der Waals surface area (Å²) in [7, 11) is 0. The number of nitriles is 1. The smallest absolute Gasteiger partial charge is 0.230 e. The van der Waals surface area contributed by atoms with E-state index in [1.54, 1.807) is 11.1 Å². The third kappa shape index (κ3) is 3.33. The van der Waals surface area contributed by atoms with Crippen molar-refractivity contribution >= 4 is 28.0 Å². The number of amides is 1. The first-order valence-electron chi connectivity index (χ1n) is 10.8. The first kappa shape index (κ1) is 19.1. The van der Waals surface area contributed by atoms with Gasteiger partial charge in [-0.05, 0) is 44.1 Å². The molecule has 0 radical (unpaired) electrons. The Morgan fingerprint density at radius 2 is 2.13 bits per heavy atom. The molecule has 1 atom stereocenters. The Labute approximate surface area is 174 Å². The quantitative estimate of drug-likeness (QED) is 0.692. The number of imidazole rings is 1. The molecule has 3 aromatic rings. The zero-order valence-electron chi connectivity index (χ0n) is 16.9. The average Bonchev–Trinajstić information content (AvgIpc) is 3.46. The minimum atomic E-state index is -0.424. The van der Waals surface area contributed by atoms with Crippen molar-refractivity contribution in [3.05, 3.63) is 24.3 Å². The molecular weight excluding hydrogens is 380 g/mol. The number of aromatic amines is 1. The molecule has 8 heteroatoms. The number of aromatic nitrogens is 4. The summed E-state index contributed by atoms with van der Waals surface area (Å²) in [5.41, 5.74) is 2.67. The highest BCUT2D eigenvalue weighted by Crippen LogP contribution is 2.38. The molecule has 8 nitrogen and oxygen atoms in total. The zero-order valence-corrected chi connectivity index (χ0v) is 16.9. The van der Waals surface area contributed by atoms with Gasteiger partial charge in [-0.1, -0.05) is 0 Å². The Morgan fingerprint density at radius 1 is 1.30 bits per heavy atom. The Bertz CT molecular complexity index is 1120. The standard InChI is InChI=1S/C22H26N6O2/c23-8-5-14-1-3-15(4-2-14)28-19(11-20(30)27-10-7-16(29)13-27)26-18-12-25-22-17(21(18)28)6-9-24-22/h6,9,12,14-16,29H,1-5,7,10-11,13H2,(H,24,25)/t14-,15-,16-/m1/s1. The van der Waals surface area contributed by atoms with Crippen molar-refractivity contribution in [2.75, 3.05) is 13.1 Å². The number of fused-ring (bicyclic) bond motifs is 3. The van der Waals surface area contributed by atoms with Crippen molar-refractivity contribution in [1.29, 1.82) is 5.26 Å². The SMILES string of the molecule is N#CC[C@H]1CC[C@H](n2c(CC(=O)N3CC[C@@H](O)C3)nc3cnc4[nH]ccc4c32)CC1. The van der Waals surface area contributed by atoms with Crippen LogP contribution in [0.25, 0.3) is 22.1 Å². The fourth-order valence-corrected chi connectivity index (χ4v) is 5.11. The number of hydrogen-bond donors (Lipinski definition) is 2. The Kier molecular flexibility index (Phi) is 4.91. The first-order chi connectivity index (χ1) is 14.6. The van der Waals surface area contributed by atoms with Crippen LogP contribution in [0.4, 0.5) is 0 Å². The number of aliphatic hydroxyl groups is 1. The molecule has 3 aromatic heterocycles. The van der Waals surface area contributed by atoms with E-state index in [4.69, 9.17) is 10.2 Å². The fraction of sp³-hybridized carbons (Fsp3) is 0.545. The highest BCUT2D eigenvalue weighted by atomic mass is 16.3. The molecule has 1 amide bonds. The normalized spacial score (nSPS) is 24.5. The molecule has 1 saturated carbocycles. The molecule has 0 bridgehead atoms. The number of rotatable bonds is 4. The van der Waals surface area contributed by atoms with Gasteiger partial charge in [0.05, 0.1) is 30.3 Å². The van der Waals surface area contributed by atoms with E-state index in [1.165, 1.54) is 0 Å². The monoisotopic (exact) mass is 406 g/mol. The van der Waals surface area contributed by atoms with Gasteiger partial charge in [0.2, 0.25) is 5.91 Å². The summed E-state index contributed by atoms with van der Waals surface area (Å²) in [4.78, 5) is 27.1. The van der Waals surface area contributed by atoms with Crippen LogP contribution in [-0.2, 0) is 11.2 Å². The lowest BCUT2D eigenvalue weighted by molar-refractivity contribution is -0.129. The van der Waals surface area contributed by atoms with Gasteiger partial charge >= 0.3 is 0 Å². The van der Waals surface area contributed by atoms with Gasteiger partial charge < -0.3 is 19.6 Å². The summed E-state index contributed by atoms with van der Waals surface area (Å²) in [5, 5.41) is 19.9. The lowest BCUT2D eigenvalue weighted by atomic mass is 9.84. The van der Waals surface area contributed by atoms with Crippen LogP contribution in [0.5, 0.6) is 0 Å². The summed E-state index contributed by atoms with van der Waals surface area (Å²) in [6, 6.07) is 4.59. The highest BCUT2D eigenvalue weighted by molar-refractivity contribution is 6.01. The molecule has 0 spiro atoms. The number of aliphatic hydroxyl groups excluding tert-OH is 1. The van der Waals surface area contributed by atoms with Gasteiger partial charge in [-0.3, -0.25) is 4.79 Å². The Morgan fingerprint density at radius 3 is 2.87 bits per heavy atom. The number of hydrogen-bond acceptors (Lipinski definition) is 5. The fourth-order valence-electron chi connectivity index (χ4n) is 5.11. The summed E-state index contributed by atoms with van der Waals surface area (Å²) < 4.78 is 2.26. The van der Waals surface area contributed by atoms with Crippen molar-refractivity contribution in [2.45, 2.75) is 57.1 Å². The molecular formula is C22H26N6O2. The molecule has 2 aliphatic rings. The summed E-state index contributed by atoms with van der Waals surface area (Å²) in [6.45, 7) is 1.01. The first-order valence-corrected chi connectivity index (χ1v) is 10.8. The summed E-state index contributed by atoms with van der Waals surface area (Å²) in [5.74, 6) is 1.25. The maximum Gasteiger partial charge on any atom is 0.230 e. The van der Waals surface area contributed by atoms with Crippen molar-refractivity contribution in [2.24, 2.45) is 5.92 Å². The van der Waals surface area contributed by atoms with Crippen molar-refractivity contribution in [3.8, 4) is 6.07 Å². The molecule has 30 heavy (non-hydrogen) atoms. The molecule has 2 N–H and O–H groups in total. The van der Waals surface area contributed by atoms with E-state index in [-0.39, 0.29) is 18.4 Å². The maximum atomic E-state index is 12.9. The second-order valence-corrected chi connectivity index (χ2v) is 8.63. The predicted octanol–water partition coefficient (Wildman–Crippen LogP) is 2.69. The number of pyridine rings is 1. The number of β-amino-alcohol motifs (C(OH)–C–C–N with tert-alkyl or cyclic N) is 1. The maximum absolute atomic E-state index is 12.9. The Hall–Kier alpha value is -2.92. The molecule has 0 aromatic carbocycles. The number of nitrogens with one attached hydrogen (secondary N) is 1. The second kappa shape index (κ2) is 7.73. The molecule has 1 aliphatic carbocycles. The predicted molar refractivity (Wildman–Crippen MR) is 112 cm³/mol. The molecule has 4 heterocycles. The topological polar surface area (TPSA) is 111 Å². The van der Waals surface area contributed by atoms with E-state index in [0.29, 0.717) is 31.8 Å². The Balaban J connectivity index is 1.52. The second-order valence-electron chi connectivity index (χ2n) is 8.63. The van der Waals surface area contributed by atoms with E-state index < -0.39 is 6.10 Å². The highest BCUT2D eigenvalue weighted by Gasteiger charge is 2.30. The third-order valence-electron chi connectivity index (χ3n) is 6.69. The minimum absolute atomic E-state index is 0.0135. The van der Waals surface area contributed by atoms with Gasteiger partial charge in [0.25, 0.3) is 0 Å². The van der Waals surface area contributed by atoms with Crippen LogP contribution in [0.1, 0.15) is 50.4 Å². The average molecular weight is 406 g/mol. The largest absolute Gasteiger partial charge is 0.391 e. The van der Waals surface area contributed by atoms with Crippen molar-refractivity contribution < 1.29 is 9.90 Å². The van der Waals surface area contributed by atoms with Gasteiger partial charge in [-0.15, -0.1) is 0 Å². The lowest BCUT2D eigenvalue weighted by Gasteiger charge is -2.30. The lowest BCUT2D eigenvalue weighted by Crippen LogP contribution is -2.32.